The van der Waals surface area contributed by atoms with Crippen LogP contribution in [0.2, 0.25) is 0 Å². The Morgan fingerprint density at radius 2 is 0.607 bits per heavy atom. The number of aryl methyl sites for hydroxylation is 6. The molecule has 7 aromatic carbocycles. The van der Waals surface area contributed by atoms with Crippen LogP contribution in [0.1, 0.15) is 33.4 Å². The summed E-state index contributed by atoms with van der Waals surface area (Å²) in [6, 6.07) is 38.0. The van der Waals surface area contributed by atoms with E-state index in [-0.39, 0.29) is 20.1 Å². The second-order valence-corrected chi connectivity index (χ2v) is 17.8. The molecule has 0 aromatic heterocycles. The summed E-state index contributed by atoms with van der Waals surface area (Å²) < 4.78 is 0. The average Bonchev–Trinajstić information content (AvgIpc) is 3.17. The van der Waals surface area contributed by atoms with Gasteiger partial charge < -0.3 is 19.7 Å². The zero-order valence-electron chi connectivity index (χ0n) is 32.3. The standard InChI is InChI=1S/C48H35B4N3O/c1-23-7-11-37-29(15-23)49-30-16-24(2)8-12-38(30)54-40-14-10-26(4)18-32(40)51-34-20-28(6)22-36-45(34)55-44-33(19-27(5)21-35(44)52(36)56)50-31-17-25(3)9-13-39(31)53(37)46-41(49)47(54)43(51)48(55)42(46)50/h7-22,56H,1-6H3. The second-order valence-electron chi connectivity index (χ2n) is 17.8. The number of hydrogen-bond acceptors (Lipinski definition) is 4. The van der Waals surface area contributed by atoms with E-state index in [0.717, 1.165) is 10.9 Å². The lowest BCUT2D eigenvalue weighted by Crippen LogP contribution is -2.76. The topological polar surface area (TPSA) is 30.0 Å². The number of benzene rings is 7. The summed E-state index contributed by atoms with van der Waals surface area (Å²) in [5, 5.41) is 12.6. The summed E-state index contributed by atoms with van der Waals surface area (Å²) in [4.78, 5) is 7.95. The third-order valence-electron chi connectivity index (χ3n) is 14.3. The van der Waals surface area contributed by atoms with Crippen molar-refractivity contribution in [2.45, 2.75) is 41.5 Å². The Morgan fingerprint density at radius 3 is 0.964 bits per heavy atom. The number of hydrogen-bond donors (Lipinski definition) is 1. The molecule has 0 spiro atoms. The first kappa shape index (κ1) is 30.4. The van der Waals surface area contributed by atoms with Gasteiger partial charge in [0, 0.05) is 51.2 Å². The lowest BCUT2D eigenvalue weighted by atomic mass is 9.24. The van der Waals surface area contributed by atoms with Crippen LogP contribution in [0, 0.1) is 41.5 Å². The second kappa shape index (κ2) is 9.57. The molecule has 1 N–H and O–H groups in total. The van der Waals surface area contributed by atoms with E-state index in [1.165, 1.54) is 134 Å². The van der Waals surface area contributed by atoms with Crippen molar-refractivity contribution in [3.05, 3.63) is 130 Å². The van der Waals surface area contributed by atoms with Crippen LogP contribution in [-0.4, -0.2) is 32.1 Å². The number of anilines is 9. The third-order valence-corrected chi connectivity index (χ3v) is 14.3. The van der Waals surface area contributed by atoms with Crippen LogP contribution in [0.3, 0.4) is 0 Å². The molecule has 8 heteroatoms. The first-order chi connectivity index (χ1) is 27.2. The summed E-state index contributed by atoms with van der Waals surface area (Å²) in [6.45, 7) is 12.8. The van der Waals surface area contributed by atoms with Gasteiger partial charge in [-0.3, -0.25) is 0 Å². The summed E-state index contributed by atoms with van der Waals surface area (Å²) in [5.74, 6) is 0. The van der Waals surface area contributed by atoms with Crippen molar-refractivity contribution in [1.29, 1.82) is 0 Å². The van der Waals surface area contributed by atoms with E-state index in [4.69, 9.17) is 0 Å². The monoisotopic (exact) mass is 713 g/mol. The molecule has 0 saturated carbocycles. The van der Waals surface area contributed by atoms with Gasteiger partial charge in [0.2, 0.25) is 0 Å². The Hall–Kier alpha value is -5.84. The first-order valence-corrected chi connectivity index (χ1v) is 20.2. The summed E-state index contributed by atoms with van der Waals surface area (Å²) >= 11 is 0. The molecule has 0 bridgehead atoms. The Kier molecular flexibility index (Phi) is 5.19. The van der Waals surface area contributed by atoms with Crippen molar-refractivity contribution < 1.29 is 5.02 Å². The molecule has 0 amide bonds. The van der Waals surface area contributed by atoms with E-state index in [2.05, 4.69) is 153 Å². The molecule has 56 heavy (non-hydrogen) atoms. The molecule has 0 saturated heterocycles. The van der Waals surface area contributed by atoms with Crippen molar-refractivity contribution in [2.24, 2.45) is 0 Å². The number of rotatable bonds is 0. The quantitative estimate of drug-likeness (QED) is 0.245. The fraction of sp³-hybridized carbons (Fsp3) is 0.125. The van der Waals surface area contributed by atoms with Gasteiger partial charge in [-0.05, 0) is 126 Å². The van der Waals surface area contributed by atoms with E-state index >= 15 is 0 Å². The van der Waals surface area contributed by atoms with Gasteiger partial charge in [-0.25, -0.2) is 0 Å². The third kappa shape index (κ3) is 3.23. The highest BCUT2D eigenvalue weighted by atomic mass is 16.2. The summed E-state index contributed by atoms with van der Waals surface area (Å²) in [7, 11) is 0. The van der Waals surface area contributed by atoms with Gasteiger partial charge >= 0.3 is 6.92 Å². The maximum Gasteiger partial charge on any atom is 0.363 e. The molecule has 0 radical (unpaired) electrons. The van der Waals surface area contributed by atoms with Crippen LogP contribution in [0.15, 0.2) is 97.1 Å². The van der Waals surface area contributed by atoms with Crippen LogP contribution in [0.4, 0.5) is 51.2 Å². The maximum absolute atomic E-state index is 12.6. The highest BCUT2D eigenvalue weighted by Gasteiger charge is 2.59. The van der Waals surface area contributed by atoms with Gasteiger partial charge in [-0.1, -0.05) is 106 Å². The van der Waals surface area contributed by atoms with E-state index in [1.807, 2.05) is 0 Å². The highest BCUT2D eigenvalue weighted by molar-refractivity contribution is 7.09. The van der Waals surface area contributed by atoms with Gasteiger partial charge in [-0.15, -0.1) is 0 Å². The lowest BCUT2D eigenvalue weighted by Gasteiger charge is -2.57. The molecule has 0 unspecified atom stereocenters. The van der Waals surface area contributed by atoms with Crippen molar-refractivity contribution in [2.75, 3.05) is 14.7 Å². The SMILES string of the molecule is Cc1ccc2c(c1)B1c3cc(C)ccc3N3c4ccc(C)cc4B4c5cc(C)cc6c5N5c7c(cc(C)cc7B7c8cc(C)ccc8N2c2c1c3c4c5c27)B6O. The normalized spacial score (nSPS) is 15.5. The first-order valence-electron chi connectivity index (χ1n) is 20.2. The van der Waals surface area contributed by atoms with Gasteiger partial charge in [-0.2, -0.15) is 0 Å². The van der Waals surface area contributed by atoms with E-state index in [9.17, 15) is 5.02 Å². The Morgan fingerprint density at radius 1 is 0.321 bits per heavy atom. The molecule has 0 fully saturated rings. The Bertz CT molecular complexity index is 2930. The number of nitrogens with zero attached hydrogens (tertiary/aromatic N) is 3. The summed E-state index contributed by atoms with van der Waals surface area (Å²) in [6.07, 6.45) is 0. The van der Waals surface area contributed by atoms with Crippen LogP contribution in [0.5, 0.6) is 0 Å². The summed E-state index contributed by atoms with van der Waals surface area (Å²) in [5.41, 5.74) is 33.3. The number of fused-ring (bicyclic) bond motifs is 14. The molecule has 260 valence electrons. The van der Waals surface area contributed by atoms with Crippen LogP contribution < -0.4 is 74.8 Å². The smallest absolute Gasteiger partial charge is 0.363 e. The van der Waals surface area contributed by atoms with Crippen LogP contribution in [-0.2, 0) is 0 Å². The zero-order chi connectivity index (χ0) is 37.4. The minimum absolute atomic E-state index is 0.0120. The maximum atomic E-state index is 12.6. The minimum Gasteiger partial charge on any atom is -0.443 e. The van der Waals surface area contributed by atoms with Crippen LogP contribution >= 0.6 is 0 Å². The molecule has 14 rings (SSSR count). The Balaban J connectivity index is 1.27. The molecular formula is C48H35B4N3O. The lowest BCUT2D eigenvalue weighted by molar-refractivity contribution is 0.599. The van der Waals surface area contributed by atoms with Gasteiger partial charge in [0.05, 0.1) is 0 Å². The fourth-order valence-corrected chi connectivity index (χ4v) is 12.5. The molecule has 7 aromatic rings. The predicted octanol–water partition coefficient (Wildman–Crippen LogP) is 2.79. The van der Waals surface area contributed by atoms with Crippen molar-refractivity contribution in [1.82, 2.24) is 0 Å². The van der Waals surface area contributed by atoms with E-state index in [0.29, 0.717) is 0 Å². The largest absolute Gasteiger partial charge is 0.443 e. The van der Waals surface area contributed by atoms with Gasteiger partial charge in [0.1, 0.15) is 0 Å². The molecule has 7 aliphatic heterocycles. The van der Waals surface area contributed by atoms with Gasteiger partial charge in [0.15, 0.2) is 0 Å². The zero-order valence-corrected chi connectivity index (χ0v) is 32.3. The van der Waals surface area contributed by atoms with E-state index < -0.39 is 6.92 Å². The molecule has 7 aliphatic rings. The van der Waals surface area contributed by atoms with E-state index in [1.54, 1.807) is 0 Å². The van der Waals surface area contributed by atoms with Gasteiger partial charge in [0.25, 0.3) is 20.1 Å². The predicted molar refractivity (Wildman–Crippen MR) is 240 cm³/mol. The molecule has 4 nitrogen and oxygen atoms in total. The molecule has 0 atom stereocenters. The van der Waals surface area contributed by atoms with Crippen molar-refractivity contribution in [3.63, 3.8) is 0 Å². The highest BCUT2D eigenvalue weighted by Crippen LogP contribution is 2.51. The minimum atomic E-state index is -0.712. The van der Waals surface area contributed by atoms with Crippen LogP contribution in [0.25, 0.3) is 0 Å². The fourth-order valence-electron chi connectivity index (χ4n) is 12.5. The Labute approximate surface area is 328 Å². The molecule has 0 aliphatic carbocycles. The molecular weight excluding hydrogens is 678 g/mol. The molecule has 7 heterocycles. The van der Waals surface area contributed by atoms with Crippen molar-refractivity contribution in [3.8, 4) is 0 Å². The average molecular weight is 713 g/mol. The van der Waals surface area contributed by atoms with Crippen molar-refractivity contribution >= 4 is 138 Å².